The Kier molecular flexibility index (Phi) is 8.04. The van der Waals surface area contributed by atoms with Gasteiger partial charge in [-0.3, -0.25) is 10.1 Å². The van der Waals surface area contributed by atoms with Crippen LogP contribution in [0.25, 0.3) is 0 Å². The van der Waals surface area contributed by atoms with Gasteiger partial charge in [0.2, 0.25) is 5.82 Å². The zero-order valence-electron chi connectivity index (χ0n) is 16.1. The third-order valence-electron chi connectivity index (χ3n) is 3.72. The van der Waals surface area contributed by atoms with Gasteiger partial charge in [-0.15, -0.1) is 13.2 Å². The molecule has 0 aliphatic carbocycles. The highest BCUT2D eigenvalue weighted by Crippen LogP contribution is 2.24. The molecule has 2 rings (SSSR count). The van der Waals surface area contributed by atoms with Crippen molar-refractivity contribution in [3.05, 3.63) is 36.3 Å². The number of amides is 3. The number of nitrogens with one attached hydrogen (secondary N) is 3. The quantitative estimate of drug-likeness (QED) is 0.489. The maximum Gasteiger partial charge on any atom is 0.573 e. The first-order valence-corrected chi connectivity index (χ1v) is 9.12. The summed E-state index contributed by atoms with van der Waals surface area (Å²) in [6.07, 6.45) is -1.63. The molecule has 0 saturated heterocycles. The smallest absolute Gasteiger partial charge is 0.406 e. The van der Waals surface area contributed by atoms with Crippen LogP contribution >= 0.6 is 0 Å². The Balaban J connectivity index is 2.03. The third-order valence-corrected chi connectivity index (χ3v) is 3.72. The van der Waals surface area contributed by atoms with E-state index in [1.807, 2.05) is 6.92 Å². The third kappa shape index (κ3) is 7.28. The molecular formula is C18H22F3N5O4. The summed E-state index contributed by atoms with van der Waals surface area (Å²) < 4.78 is 41.9. The number of carbonyl (C=O) groups excluding carboxylic acids is 2. The number of carbonyl (C=O) groups is 2. The van der Waals surface area contributed by atoms with E-state index in [9.17, 15) is 22.8 Å². The van der Waals surface area contributed by atoms with Crippen LogP contribution in [0.4, 0.5) is 29.5 Å². The molecule has 0 radical (unpaired) electrons. The molecular weight excluding hydrogens is 407 g/mol. The van der Waals surface area contributed by atoms with Gasteiger partial charge >= 0.3 is 12.4 Å². The summed E-state index contributed by atoms with van der Waals surface area (Å²) in [7, 11) is 0. The lowest BCUT2D eigenvalue weighted by molar-refractivity contribution is -0.274. The highest BCUT2D eigenvalue weighted by molar-refractivity contribution is 5.99. The number of ether oxygens (including phenoxy) is 1. The number of rotatable bonds is 9. The van der Waals surface area contributed by atoms with Gasteiger partial charge in [0.25, 0.3) is 5.91 Å². The number of hydrogen-bond donors (Lipinski definition) is 4. The van der Waals surface area contributed by atoms with E-state index in [-0.39, 0.29) is 30.5 Å². The molecule has 30 heavy (non-hydrogen) atoms. The topological polar surface area (TPSA) is 118 Å². The molecule has 1 heterocycles. The molecule has 4 N–H and O–H groups in total. The number of benzene rings is 1. The number of alkyl halides is 3. The number of aliphatic hydroxyl groups is 1. The Morgan fingerprint density at radius 3 is 2.50 bits per heavy atom. The van der Waals surface area contributed by atoms with Crippen LogP contribution in [0.2, 0.25) is 0 Å². The number of anilines is 2. The standard InChI is InChI=1S/C18H22F3N5O4/c1-2-3-9-26-11-14(24-15(26)16(28)22-8-10-27)25-17(29)23-12-4-6-13(7-5-12)30-18(19,20)21/h4-7,11,27H,2-3,8-10H2,1H3,(H,22,28)(H2,23,25,29). The maximum absolute atomic E-state index is 12.2. The van der Waals surface area contributed by atoms with Crippen molar-refractivity contribution in [3.8, 4) is 5.75 Å². The van der Waals surface area contributed by atoms with E-state index >= 15 is 0 Å². The molecule has 0 spiro atoms. The molecule has 3 amide bonds. The second-order valence-electron chi connectivity index (χ2n) is 6.13. The zero-order chi connectivity index (χ0) is 22.1. The van der Waals surface area contributed by atoms with E-state index in [1.165, 1.54) is 18.3 Å². The van der Waals surface area contributed by atoms with Gasteiger partial charge in [-0.05, 0) is 30.7 Å². The number of aliphatic hydroxyl groups excluding tert-OH is 1. The molecule has 1 aromatic heterocycles. The zero-order valence-corrected chi connectivity index (χ0v) is 16.1. The molecule has 0 saturated carbocycles. The summed E-state index contributed by atoms with van der Waals surface area (Å²) in [4.78, 5) is 28.4. The minimum atomic E-state index is -4.80. The lowest BCUT2D eigenvalue weighted by atomic mass is 10.3. The maximum atomic E-state index is 12.2. The Hall–Kier alpha value is -3.28. The van der Waals surface area contributed by atoms with Crippen LogP contribution in [-0.2, 0) is 6.54 Å². The Labute approximate surface area is 170 Å². The van der Waals surface area contributed by atoms with Crippen molar-refractivity contribution in [2.75, 3.05) is 23.8 Å². The molecule has 0 bridgehead atoms. The fourth-order valence-electron chi connectivity index (χ4n) is 2.42. The SMILES string of the molecule is CCCCn1cc(NC(=O)Nc2ccc(OC(F)(F)F)cc2)nc1C(=O)NCCO. The fraction of sp³-hybridized carbons (Fsp3) is 0.389. The molecule has 9 nitrogen and oxygen atoms in total. The van der Waals surface area contributed by atoms with Crippen molar-refractivity contribution < 1.29 is 32.6 Å². The molecule has 0 aliphatic rings. The van der Waals surface area contributed by atoms with E-state index in [4.69, 9.17) is 5.11 Å². The number of imidazole rings is 1. The molecule has 0 atom stereocenters. The molecule has 2 aromatic rings. The summed E-state index contributed by atoms with van der Waals surface area (Å²) in [5.41, 5.74) is 0.230. The van der Waals surface area contributed by atoms with Gasteiger partial charge in [-0.2, -0.15) is 0 Å². The van der Waals surface area contributed by atoms with E-state index in [1.54, 1.807) is 4.57 Å². The van der Waals surface area contributed by atoms with E-state index in [0.29, 0.717) is 6.54 Å². The van der Waals surface area contributed by atoms with Gasteiger partial charge in [0, 0.05) is 25.0 Å². The molecule has 164 valence electrons. The minimum Gasteiger partial charge on any atom is -0.406 e. The van der Waals surface area contributed by atoms with Crippen molar-refractivity contribution in [2.24, 2.45) is 0 Å². The number of unbranched alkanes of at least 4 members (excludes halogenated alkanes) is 1. The van der Waals surface area contributed by atoms with Crippen molar-refractivity contribution >= 4 is 23.4 Å². The predicted octanol–water partition coefficient (Wildman–Crippen LogP) is 2.95. The first-order chi connectivity index (χ1) is 14.2. The van der Waals surface area contributed by atoms with Crippen LogP contribution in [0.1, 0.15) is 30.4 Å². The van der Waals surface area contributed by atoms with Gasteiger partial charge in [0.05, 0.1) is 6.61 Å². The Morgan fingerprint density at radius 1 is 1.20 bits per heavy atom. The molecule has 1 aromatic carbocycles. The number of aromatic nitrogens is 2. The van der Waals surface area contributed by atoms with Crippen molar-refractivity contribution in [3.63, 3.8) is 0 Å². The Bertz CT molecular complexity index is 852. The van der Waals surface area contributed by atoms with Crippen molar-refractivity contribution in [1.82, 2.24) is 14.9 Å². The Morgan fingerprint density at radius 2 is 1.90 bits per heavy atom. The highest BCUT2D eigenvalue weighted by atomic mass is 19.4. The number of urea groups is 1. The van der Waals surface area contributed by atoms with Gasteiger partial charge in [0.1, 0.15) is 5.75 Å². The second kappa shape index (κ2) is 10.5. The van der Waals surface area contributed by atoms with E-state index < -0.39 is 24.1 Å². The van der Waals surface area contributed by atoms with Crippen LogP contribution in [0, 0.1) is 0 Å². The largest absolute Gasteiger partial charge is 0.573 e. The number of hydrogen-bond acceptors (Lipinski definition) is 5. The van der Waals surface area contributed by atoms with Crippen LogP contribution in [0.15, 0.2) is 30.5 Å². The van der Waals surface area contributed by atoms with Crippen LogP contribution < -0.4 is 20.7 Å². The lowest BCUT2D eigenvalue weighted by Gasteiger charge is -2.10. The fourth-order valence-corrected chi connectivity index (χ4v) is 2.42. The summed E-state index contributed by atoms with van der Waals surface area (Å²) in [5, 5.41) is 16.3. The van der Waals surface area contributed by atoms with Crippen LogP contribution in [0.3, 0.4) is 0 Å². The molecule has 0 fully saturated rings. The van der Waals surface area contributed by atoms with Crippen LogP contribution in [-0.4, -0.2) is 46.1 Å². The first-order valence-electron chi connectivity index (χ1n) is 9.12. The first kappa shape index (κ1) is 23.0. The normalized spacial score (nSPS) is 11.1. The predicted molar refractivity (Wildman–Crippen MR) is 102 cm³/mol. The summed E-state index contributed by atoms with van der Waals surface area (Å²) in [6, 6.07) is 3.92. The second-order valence-corrected chi connectivity index (χ2v) is 6.13. The van der Waals surface area contributed by atoms with Gasteiger partial charge < -0.3 is 25.0 Å². The summed E-state index contributed by atoms with van der Waals surface area (Å²) in [5.74, 6) is -0.703. The number of aryl methyl sites for hydroxylation is 1. The molecule has 12 heteroatoms. The van der Waals surface area contributed by atoms with Gasteiger partial charge in [-0.25, -0.2) is 9.78 Å². The van der Waals surface area contributed by atoms with Gasteiger partial charge in [-0.1, -0.05) is 13.3 Å². The average molecular weight is 429 g/mol. The lowest BCUT2D eigenvalue weighted by Crippen LogP contribution is -2.29. The van der Waals surface area contributed by atoms with E-state index in [0.717, 1.165) is 25.0 Å². The average Bonchev–Trinajstić information content (AvgIpc) is 3.07. The van der Waals surface area contributed by atoms with Crippen LogP contribution in [0.5, 0.6) is 5.75 Å². The summed E-state index contributed by atoms with van der Waals surface area (Å²) in [6.45, 7) is 2.34. The van der Waals surface area contributed by atoms with Gasteiger partial charge in [0.15, 0.2) is 5.82 Å². The molecule has 0 unspecified atom stereocenters. The van der Waals surface area contributed by atoms with E-state index in [2.05, 4.69) is 25.7 Å². The molecule has 0 aliphatic heterocycles. The summed E-state index contributed by atoms with van der Waals surface area (Å²) >= 11 is 0. The number of nitrogens with zero attached hydrogens (tertiary/aromatic N) is 2. The van der Waals surface area contributed by atoms with Crippen molar-refractivity contribution in [1.29, 1.82) is 0 Å². The number of halogens is 3. The minimum absolute atomic E-state index is 0.0662. The van der Waals surface area contributed by atoms with Crippen molar-refractivity contribution in [2.45, 2.75) is 32.7 Å². The monoisotopic (exact) mass is 429 g/mol. The highest BCUT2D eigenvalue weighted by Gasteiger charge is 2.31.